The van der Waals surface area contributed by atoms with Crippen LogP contribution in [0.15, 0.2) is 180 Å². The number of rotatable bonds is 5. The molecule has 216 valence electrons. The highest BCUT2D eigenvalue weighted by atomic mass is 16.3. The third-order valence-electron chi connectivity index (χ3n) is 9.02. The van der Waals surface area contributed by atoms with E-state index in [4.69, 9.17) is 4.42 Å². The van der Waals surface area contributed by atoms with Crippen LogP contribution in [0, 0.1) is 0 Å². The van der Waals surface area contributed by atoms with Crippen LogP contribution in [0.2, 0.25) is 0 Å². The lowest BCUT2D eigenvalue weighted by Gasteiger charge is -2.28. The van der Waals surface area contributed by atoms with Gasteiger partial charge in [0.25, 0.3) is 0 Å². The van der Waals surface area contributed by atoms with Crippen molar-refractivity contribution in [3.8, 4) is 22.3 Å². The van der Waals surface area contributed by atoms with E-state index in [1.54, 1.807) is 0 Å². The Kier molecular flexibility index (Phi) is 6.17. The van der Waals surface area contributed by atoms with E-state index in [1.807, 2.05) is 0 Å². The molecule has 9 aromatic rings. The molecule has 2 heteroatoms. The van der Waals surface area contributed by atoms with Gasteiger partial charge in [-0.1, -0.05) is 133 Å². The number of fused-ring (bicyclic) bond motifs is 5. The van der Waals surface area contributed by atoms with Crippen LogP contribution in [0.25, 0.3) is 65.7 Å². The lowest BCUT2D eigenvalue weighted by Crippen LogP contribution is -2.11. The molecule has 0 spiro atoms. The Morgan fingerprint density at radius 2 is 0.978 bits per heavy atom. The number of hydrogen-bond acceptors (Lipinski definition) is 2. The minimum Gasteiger partial charge on any atom is -0.455 e. The fourth-order valence-corrected chi connectivity index (χ4v) is 6.77. The van der Waals surface area contributed by atoms with Crippen LogP contribution in [-0.4, -0.2) is 0 Å². The summed E-state index contributed by atoms with van der Waals surface area (Å²) in [5, 5.41) is 7.07. The molecule has 0 radical (unpaired) electrons. The van der Waals surface area contributed by atoms with E-state index in [0.29, 0.717) is 0 Å². The molecule has 0 saturated carbocycles. The summed E-state index contributed by atoms with van der Waals surface area (Å²) in [6, 6.07) is 62.7. The SMILES string of the molecule is c1ccc(-c2ccc(N(c3ccc4ccccc4c3)c3ccccc3-c3cccc4c3oc3cc5ccccc5cc34)cc2)cc1. The summed E-state index contributed by atoms with van der Waals surface area (Å²) in [6.07, 6.45) is 0. The van der Waals surface area contributed by atoms with Crippen LogP contribution >= 0.6 is 0 Å². The maximum Gasteiger partial charge on any atom is 0.143 e. The van der Waals surface area contributed by atoms with Gasteiger partial charge in [-0.3, -0.25) is 0 Å². The zero-order valence-electron chi connectivity index (χ0n) is 25.1. The summed E-state index contributed by atoms with van der Waals surface area (Å²) in [5.74, 6) is 0. The van der Waals surface area contributed by atoms with E-state index < -0.39 is 0 Å². The van der Waals surface area contributed by atoms with Gasteiger partial charge in [0.05, 0.1) is 5.69 Å². The standard InChI is InChI=1S/C44H29NO/c1-2-11-30(12-3-1)32-21-24-36(25-22-32)45(37-26-23-31-13-4-5-14-33(31)27-37)42-20-9-8-17-38(42)39-18-10-19-40-41-28-34-15-6-7-16-35(34)29-43(41)46-44(39)40/h1-29H. The first kappa shape index (κ1) is 26.3. The second-order valence-electron chi connectivity index (χ2n) is 11.8. The Balaban J connectivity index is 1.26. The van der Waals surface area contributed by atoms with Crippen molar-refractivity contribution in [1.29, 1.82) is 0 Å². The largest absolute Gasteiger partial charge is 0.455 e. The summed E-state index contributed by atoms with van der Waals surface area (Å²) in [4.78, 5) is 2.37. The van der Waals surface area contributed by atoms with Gasteiger partial charge in [-0.2, -0.15) is 0 Å². The molecule has 46 heavy (non-hydrogen) atoms. The summed E-state index contributed by atoms with van der Waals surface area (Å²) in [7, 11) is 0. The third kappa shape index (κ3) is 4.43. The molecular formula is C44H29NO. The van der Waals surface area contributed by atoms with Gasteiger partial charge in [0, 0.05) is 33.3 Å². The van der Waals surface area contributed by atoms with Crippen LogP contribution in [0.5, 0.6) is 0 Å². The van der Waals surface area contributed by atoms with E-state index in [-0.39, 0.29) is 0 Å². The van der Waals surface area contributed by atoms with Crippen molar-refractivity contribution in [1.82, 2.24) is 0 Å². The monoisotopic (exact) mass is 587 g/mol. The first-order chi connectivity index (χ1) is 22.8. The molecule has 0 amide bonds. The van der Waals surface area contributed by atoms with Gasteiger partial charge >= 0.3 is 0 Å². The summed E-state index contributed by atoms with van der Waals surface area (Å²) in [5.41, 5.74) is 9.65. The van der Waals surface area contributed by atoms with Crippen molar-refractivity contribution >= 4 is 60.5 Å². The second-order valence-corrected chi connectivity index (χ2v) is 11.8. The molecule has 2 nitrogen and oxygen atoms in total. The van der Waals surface area contributed by atoms with Crippen LogP contribution in [0.3, 0.4) is 0 Å². The smallest absolute Gasteiger partial charge is 0.143 e. The summed E-state index contributed by atoms with van der Waals surface area (Å²) in [6.45, 7) is 0. The summed E-state index contributed by atoms with van der Waals surface area (Å²) >= 11 is 0. The van der Waals surface area contributed by atoms with Gasteiger partial charge in [-0.25, -0.2) is 0 Å². The zero-order chi connectivity index (χ0) is 30.5. The van der Waals surface area contributed by atoms with E-state index in [2.05, 4.69) is 181 Å². The molecule has 0 saturated heterocycles. The number of nitrogens with zero attached hydrogens (tertiary/aromatic N) is 1. The van der Waals surface area contributed by atoms with E-state index in [0.717, 1.165) is 50.1 Å². The molecule has 0 aliphatic carbocycles. The lowest BCUT2D eigenvalue weighted by atomic mass is 9.98. The predicted molar refractivity (Wildman–Crippen MR) is 194 cm³/mol. The Labute approximate surface area is 267 Å². The Bertz CT molecular complexity index is 2530. The molecule has 0 atom stereocenters. The highest BCUT2D eigenvalue weighted by Crippen LogP contribution is 2.45. The Hall–Kier alpha value is -6.12. The molecule has 1 heterocycles. The van der Waals surface area contributed by atoms with Crippen molar-refractivity contribution in [2.75, 3.05) is 4.90 Å². The number of furan rings is 1. The fourth-order valence-electron chi connectivity index (χ4n) is 6.77. The average molecular weight is 588 g/mol. The maximum absolute atomic E-state index is 6.70. The number of anilines is 3. The molecule has 0 aliphatic heterocycles. The topological polar surface area (TPSA) is 16.4 Å². The van der Waals surface area contributed by atoms with Crippen LogP contribution in [-0.2, 0) is 0 Å². The molecule has 0 unspecified atom stereocenters. The van der Waals surface area contributed by atoms with Crippen molar-refractivity contribution < 1.29 is 4.42 Å². The van der Waals surface area contributed by atoms with Gasteiger partial charge in [0.1, 0.15) is 11.2 Å². The van der Waals surface area contributed by atoms with Crippen LogP contribution in [0.1, 0.15) is 0 Å². The molecule has 0 bridgehead atoms. The molecular weight excluding hydrogens is 558 g/mol. The molecule has 1 aromatic heterocycles. The van der Waals surface area contributed by atoms with E-state index in [9.17, 15) is 0 Å². The fraction of sp³-hybridized carbons (Fsp3) is 0. The average Bonchev–Trinajstić information content (AvgIpc) is 3.49. The predicted octanol–water partition coefficient (Wildman–Crippen LogP) is 12.7. The van der Waals surface area contributed by atoms with Gasteiger partial charge in [0.15, 0.2) is 0 Å². The normalized spacial score (nSPS) is 11.5. The van der Waals surface area contributed by atoms with E-state index in [1.165, 1.54) is 32.7 Å². The maximum atomic E-state index is 6.70. The number of para-hydroxylation sites is 2. The molecule has 0 fully saturated rings. The van der Waals surface area contributed by atoms with E-state index >= 15 is 0 Å². The summed E-state index contributed by atoms with van der Waals surface area (Å²) < 4.78 is 6.70. The number of hydrogen-bond donors (Lipinski definition) is 0. The highest BCUT2D eigenvalue weighted by Gasteiger charge is 2.20. The quantitative estimate of drug-likeness (QED) is 0.199. The molecule has 9 rings (SSSR count). The van der Waals surface area contributed by atoms with Crippen molar-refractivity contribution in [3.63, 3.8) is 0 Å². The van der Waals surface area contributed by atoms with Gasteiger partial charge in [-0.15, -0.1) is 0 Å². The highest BCUT2D eigenvalue weighted by molar-refractivity contribution is 6.14. The van der Waals surface area contributed by atoms with Crippen molar-refractivity contribution in [2.45, 2.75) is 0 Å². The first-order valence-electron chi connectivity index (χ1n) is 15.7. The Morgan fingerprint density at radius 1 is 0.370 bits per heavy atom. The van der Waals surface area contributed by atoms with Crippen molar-refractivity contribution in [3.05, 3.63) is 176 Å². The third-order valence-corrected chi connectivity index (χ3v) is 9.02. The van der Waals surface area contributed by atoms with Crippen LogP contribution in [0.4, 0.5) is 17.1 Å². The molecule has 8 aromatic carbocycles. The van der Waals surface area contributed by atoms with Gasteiger partial charge < -0.3 is 9.32 Å². The van der Waals surface area contributed by atoms with Crippen molar-refractivity contribution in [2.24, 2.45) is 0 Å². The number of benzene rings is 8. The Morgan fingerprint density at radius 3 is 1.78 bits per heavy atom. The van der Waals surface area contributed by atoms with Gasteiger partial charge in [-0.05, 0) is 75.1 Å². The van der Waals surface area contributed by atoms with Crippen LogP contribution < -0.4 is 4.90 Å². The molecule has 0 aliphatic rings. The zero-order valence-corrected chi connectivity index (χ0v) is 25.1. The molecule has 0 N–H and O–H groups in total. The minimum atomic E-state index is 0.901. The first-order valence-corrected chi connectivity index (χ1v) is 15.7. The van der Waals surface area contributed by atoms with Gasteiger partial charge in [0.2, 0.25) is 0 Å². The second kappa shape index (κ2) is 10.8. The minimum absolute atomic E-state index is 0.901. The lowest BCUT2D eigenvalue weighted by molar-refractivity contribution is 0.670.